The first-order valence-corrected chi connectivity index (χ1v) is 25.1. The van der Waals surface area contributed by atoms with Gasteiger partial charge in [0.15, 0.2) is 0 Å². The molecule has 1 aromatic rings. The third kappa shape index (κ3) is 15.1. The molecule has 0 aliphatic carbocycles. The topological polar surface area (TPSA) is 0 Å². The second-order valence-corrected chi connectivity index (χ2v) is 25.1. The van der Waals surface area contributed by atoms with Crippen molar-refractivity contribution in [2.75, 3.05) is 0 Å². The van der Waals surface area contributed by atoms with Crippen LogP contribution in [0.1, 0.15) is 148 Å². The first-order chi connectivity index (χ1) is 18.6. The van der Waals surface area contributed by atoms with Crippen LogP contribution in [-0.4, -0.2) is 16.1 Å². The van der Waals surface area contributed by atoms with E-state index in [4.69, 9.17) is 0 Å². The normalized spacial score (nSPS) is 12.4. The Labute approximate surface area is 265 Å². The van der Waals surface area contributed by atoms with Crippen LogP contribution in [0.5, 0.6) is 0 Å². The van der Waals surface area contributed by atoms with Crippen molar-refractivity contribution in [1.82, 2.24) is 0 Å². The highest BCUT2D eigenvalue weighted by Gasteiger charge is 2.32. The van der Waals surface area contributed by atoms with Crippen LogP contribution in [0.25, 0.3) is 0 Å². The van der Waals surface area contributed by atoms with Crippen molar-refractivity contribution in [2.24, 2.45) is 0 Å². The zero-order valence-electron chi connectivity index (χ0n) is 27.4. The largest absolute Gasteiger partial charge is 0.0825 e. The van der Waals surface area contributed by atoms with Gasteiger partial charge in [-0.25, -0.2) is 0 Å². The summed E-state index contributed by atoms with van der Waals surface area (Å²) in [4.78, 5) is 0. The number of hydrogen-bond donors (Lipinski definition) is 0. The molecule has 0 nitrogen and oxygen atoms in total. The van der Waals surface area contributed by atoms with E-state index in [1.54, 1.807) is 10.4 Å². The molecule has 1 aromatic carbocycles. The summed E-state index contributed by atoms with van der Waals surface area (Å²) in [7, 11) is -2.96. The van der Waals surface area contributed by atoms with Crippen LogP contribution >= 0.6 is 31.9 Å². The highest BCUT2D eigenvalue weighted by molar-refractivity contribution is 9.11. The molecule has 0 N–H and O–H groups in total. The summed E-state index contributed by atoms with van der Waals surface area (Å²) in [6, 6.07) is 5.36. The van der Waals surface area contributed by atoms with Crippen molar-refractivity contribution in [3.8, 4) is 0 Å². The second-order valence-electron chi connectivity index (χ2n) is 13.9. The van der Waals surface area contributed by atoms with Gasteiger partial charge in [0.25, 0.3) is 0 Å². The van der Waals surface area contributed by atoms with E-state index in [2.05, 4.69) is 84.9 Å². The van der Waals surface area contributed by atoms with E-state index in [1.165, 1.54) is 155 Å². The number of halogens is 2. The highest BCUT2D eigenvalue weighted by Crippen LogP contribution is 2.29. The SMILES string of the molecule is CCCCCCCCCCCC[Si](C)(C)c1cc(Br)c([Si](C)(C)CCCCCCCCCCCC)c(C)c1Br. The summed E-state index contributed by atoms with van der Waals surface area (Å²) < 4.78 is 2.85. The maximum atomic E-state index is 4.13. The Hall–Kier alpha value is 0.614. The lowest BCUT2D eigenvalue weighted by molar-refractivity contribution is 0.561. The quantitative estimate of drug-likeness (QED) is 0.0743. The molecule has 0 heterocycles. The predicted molar refractivity (Wildman–Crippen MR) is 194 cm³/mol. The molecular weight excluding hydrogens is 636 g/mol. The Balaban J connectivity index is 2.54. The fraction of sp³-hybridized carbons (Fsp3) is 0.829. The predicted octanol–water partition coefficient (Wildman–Crippen LogP) is 13.2. The van der Waals surface area contributed by atoms with Crippen LogP contribution < -0.4 is 10.4 Å². The molecule has 0 aromatic heterocycles. The van der Waals surface area contributed by atoms with Crippen LogP contribution in [0.4, 0.5) is 0 Å². The third-order valence-electron chi connectivity index (χ3n) is 9.17. The lowest BCUT2D eigenvalue weighted by Gasteiger charge is -2.31. The smallest absolute Gasteiger partial charge is 0.0654 e. The maximum absolute atomic E-state index is 4.13. The van der Waals surface area contributed by atoms with Gasteiger partial charge in [-0.15, -0.1) is 0 Å². The molecule has 1 rings (SSSR count). The first kappa shape index (κ1) is 37.6. The van der Waals surface area contributed by atoms with Gasteiger partial charge in [0.2, 0.25) is 0 Å². The number of unbranched alkanes of at least 4 members (excludes halogenated alkanes) is 18. The van der Waals surface area contributed by atoms with Crippen LogP contribution in [0, 0.1) is 6.92 Å². The molecule has 0 saturated heterocycles. The van der Waals surface area contributed by atoms with Crippen LogP contribution in [0.3, 0.4) is 0 Å². The first-order valence-electron chi connectivity index (χ1n) is 17.1. The van der Waals surface area contributed by atoms with E-state index in [9.17, 15) is 0 Å². The van der Waals surface area contributed by atoms with Crippen LogP contribution in [-0.2, 0) is 0 Å². The molecule has 0 spiro atoms. The zero-order chi connectivity index (χ0) is 29.2. The van der Waals surface area contributed by atoms with Crippen molar-refractivity contribution in [3.63, 3.8) is 0 Å². The molecule has 0 bridgehead atoms. The average molecular weight is 703 g/mol. The Morgan fingerprint density at radius 3 is 1.23 bits per heavy atom. The summed E-state index contributed by atoms with van der Waals surface area (Å²) in [5.74, 6) is 0. The van der Waals surface area contributed by atoms with E-state index in [1.807, 2.05) is 0 Å². The van der Waals surface area contributed by atoms with Gasteiger partial charge in [-0.05, 0) is 28.9 Å². The highest BCUT2D eigenvalue weighted by atomic mass is 79.9. The number of hydrogen-bond acceptors (Lipinski definition) is 0. The van der Waals surface area contributed by atoms with Gasteiger partial charge in [0.1, 0.15) is 0 Å². The monoisotopic (exact) mass is 700 g/mol. The lowest BCUT2D eigenvalue weighted by Crippen LogP contribution is -2.48. The molecule has 4 heteroatoms. The van der Waals surface area contributed by atoms with E-state index in [0.717, 1.165) is 0 Å². The van der Waals surface area contributed by atoms with Gasteiger partial charge in [-0.3, -0.25) is 0 Å². The van der Waals surface area contributed by atoms with Crippen molar-refractivity contribution in [3.05, 3.63) is 20.6 Å². The van der Waals surface area contributed by atoms with Crippen LogP contribution in [0.2, 0.25) is 38.3 Å². The van der Waals surface area contributed by atoms with Crippen molar-refractivity contribution >= 4 is 58.4 Å². The summed E-state index contributed by atoms with van der Waals surface area (Å²) in [6.07, 6.45) is 28.5. The summed E-state index contributed by atoms with van der Waals surface area (Å²) in [6.45, 7) is 17.4. The minimum atomic E-state index is -1.49. The Bertz CT molecular complexity index is 772. The molecule has 0 unspecified atom stereocenters. The Morgan fingerprint density at radius 1 is 0.513 bits per heavy atom. The van der Waals surface area contributed by atoms with Gasteiger partial charge in [-0.1, -0.05) is 212 Å². The van der Waals surface area contributed by atoms with E-state index in [-0.39, 0.29) is 0 Å². The van der Waals surface area contributed by atoms with Gasteiger partial charge >= 0.3 is 0 Å². The third-order valence-corrected chi connectivity index (χ3v) is 18.6. The molecule has 0 atom stereocenters. The minimum Gasteiger partial charge on any atom is -0.0654 e. The average Bonchev–Trinajstić information content (AvgIpc) is 2.88. The molecular formula is C35H66Br2Si2. The summed E-state index contributed by atoms with van der Waals surface area (Å²) >= 11 is 8.23. The molecule has 0 radical (unpaired) electrons. The van der Waals surface area contributed by atoms with Crippen molar-refractivity contribution in [1.29, 1.82) is 0 Å². The molecule has 0 aliphatic heterocycles. The Morgan fingerprint density at radius 2 is 0.846 bits per heavy atom. The van der Waals surface area contributed by atoms with E-state index < -0.39 is 16.1 Å². The summed E-state index contributed by atoms with van der Waals surface area (Å²) in [5.41, 5.74) is 1.53. The van der Waals surface area contributed by atoms with Crippen molar-refractivity contribution in [2.45, 2.75) is 187 Å². The van der Waals surface area contributed by atoms with Gasteiger partial charge in [0, 0.05) is 8.95 Å². The number of benzene rings is 1. The number of rotatable bonds is 24. The maximum Gasteiger partial charge on any atom is 0.0825 e. The van der Waals surface area contributed by atoms with E-state index >= 15 is 0 Å². The molecule has 228 valence electrons. The van der Waals surface area contributed by atoms with Gasteiger partial charge in [-0.2, -0.15) is 0 Å². The molecule has 0 aliphatic rings. The fourth-order valence-electron chi connectivity index (χ4n) is 6.44. The fourth-order valence-corrected chi connectivity index (χ4v) is 16.9. The minimum absolute atomic E-state index is 1.35. The molecule has 0 saturated carbocycles. The standard InChI is InChI=1S/C35H66Br2Si2/c1-8-10-12-14-16-18-20-22-24-26-28-38(4,5)33-30-32(36)35(31(3)34(33)37)39(6,7)29-27-25-23-21-19-17-15-13-11-9-2/h30H,8-29H2,1-7H3. The second kappa shape index (κ2) is 21.3. The summed E-state index contributed by atoms with van der Waals surface area (Å²) in [5, 5.41) is 3.30. The Kier molecular flexibility index (Phi) is 20.6. The molecule has 39 heavy (non-hydrogen) atoms. The van der Waals surface area contributed by atoms with Crippen molar-refractivity contribution < 1.29 is 0 Å². The van der Waals surface area contributed by atoms with Gasteiger partial charge < -0.3 is 0 Å². The van der Waals surface area contributed by atoms with Gasteiger partial charge in [0.05, 0.1) is 16.1 Å². The molecule has 0 amide bonds. The van der Waals surface area contributed by atoms with Crippen LogP contribution in [0.15, 0.2) is 15.0 Å². The van der Waals surface area contributed by atoms with E-state index in [0.29, 0.717) is 0 Å². The zero-order valence-corrected chi connectivity index (χ0v) is 32.6. The molecule has 0 fully saturated rings. The lowest BCUT2D eigenvalue weighted by atomic mass is 10.1.